The van der Waals surface area contributed by atoms with Crippen LogP contribution in [0.25, 0.3) is 0 Å². The van der Waals surface area contributed by atoms with Crippen molar-refractivity contribution in [2.75, 3.05) is 40.0 Å². The van der Waals surface area contributed by atoms with Crippen LogP contribution < -0.4 is 4.74 Å². The minimum atomic E-state index is -3.89. The summed E-state index contributed by atoms with van der Waals surface area (Å²) in [6.45, 7) is 1.87. The summed E-state index contributed by atoms with van der Waals surface area (Å²) >= 11 is 0. The van der Waals surface area contributed by atoms with Crippen molar-refractivity contribution in [2.45, 2.75) is 17.5 Å². The van der Waals surface area contributed by atoms with Gasteiger partial charge >= 0.3 is 0 Å². The van der Waals surface area contributed by atoms with Crippen LogP contribution in [0.15, 0.2) is 29.2 Å². The SMILES string of the molecule is COc1ccc(S(=O)(=O)N2C[C@@H](C(=O)N(O)O)C[C@@H]2N2CCOCC2)cc1. The Kier molecular flexibility index (Phi) is 5.99. The molecule has 2 N–H and O–H groups in total. The standard InChI is InChI=1S/C16H23N3O7S/c1-25-13-2-4-14(5-3-13)27(23,24)18-11-12(16(20)19(21)22)10-15(18)17-6-8-26-9-7-17/h2-5,12,15,21-22H,6-11H2,1H3/t12-,15+/m0/s1. The lowest BCUT2D eigenvalue weighted by atomic mass is 10.1. The van der Waals surface area contributed by atoms with Crippen LogP contribution in [0.1, 0.15) is 6.42 Å². The molecule has 2 fully saturated rings. The van der Waals surface area contributed by atoms with Crippen molar-refractivity contribution < 1.29 is 33.1 Å². The van der Waals surface area contributed by atoms with E-state index in [-0.39, 0.29) is 17.9 Å². The summed E-state index contributed by atoms with van der Waals surface area (Å²) < 4.78 is 38.0. The number of benzene rings is 1. The van der Waals surface area contributed by atoms with Crippen molar-refractivity contribution >= 4 is 15.9 Å². The Hall–Kier alpha value is -1.76. The topological polar surface area (TPSA) is 120 Å². The monoisotopic (exact) mass is 401 g/mol. The molecule has 2 saturated heterocycles. The molecule has 27 heavy (non-hydrogen) atoms. The van der Waals surface area contributed by atoms with Crippen LogP contribution >= 0.6 is 0 Å². The molecule has 0 saturated carbocycles. The van der Waals surface area contributed by atoms with Crippen molar-refractivity contribution in [3.05, 3.63) is 24.3 Å². The maximum atomic E-state index is 13.2. The van der Waals surface area contributed by atoms with Crippen LogP contribution in [0, 0.1) is 5.92 Å². The first kappa shape index (κ1) is 20.0. The summed E-state index contributed by atoms with van der Waals surface area (Å²) in [5.41, 5.74) is 0. The van der Waals surface area contributed by atoms with E-state index in [0.717, 1.165) is 0 Å². The van der Waals surface area contributed by atoms with E-state index in [1.54, 1.807) is 12.1 Å². The van der Waals surface area contributed by atoms with Gasteiger partial charge in [-0.3, -0.25) is 20.1 Å². The van der Waals surface area contributed by atoms with Gasteiger partial charge in [0.05, 0.1) is 37.3 Å². The number of sulfonamides is 1. The Morgan fingerprint density at radius 2 is 1.85 bits per heavy atom. The zero-order valence-electron chi connectivity index (χ0n) is 14.9. The van der Waals surface area contributed by atoms with Crippen LogP contribution in [0.4, 0.5) is 0 Å². The number of ether oxygens (including phenoxy) is 2. The number of amides is 1. The number of nitrogens with zero attached hydrogens (tertiary/aromatic N) is 3. The lowest BCUT2D eigenvalue weighted by Crippen LogP contribution is -2.51. The number of methoxy groups -OCH3 is 1. The minimum absolute atomic E-state index is 0.0829. The van der Waals surface area contributed by atoms with Crippen LogP contribution in [0.2, 0.25) is 0 Å². The molecule has 0 bridgehead atoms. The zero-order valence-corrected chi connectivity index (χ0v) is 15.7. The largest absolute Gasteiger partial charge is 0.497 e. The number of hydrogen-bond donors (Lipinski definition) is 2. The molecule has 11 heteroatoms. The zero-order chi connectivity index (χ0) is 19.6. The molecular formula is C16H23N3O7S. The smallest absolute Gasteiger partial charge is 0.277 e. The van der Waals surface area contributed by atoms with Gasteiger partial charge in [0.1, 0.15) is 5.75 Å². The third-order valence-corrected chi connectivity index (χ3v) is 6.79. The number of hydrogen-bond acceptors (Lipinski definition) is 8. The number of morpholine rings is 1. The van der Waals surface area contributed by atoms with Crippen molar-refractivity contribution in [1.82, 2.24) is 14.4 Å². The van der Waals surface area contributed by atoms with Crippen LogP contribution in [-0.2, 0) is 19.6 Å². The highest BCUT2D eigenvalue weighted by Gasteiger charge is 2.46. The first-order valence-corrected chi connectivity index (χ1v) is 9.98. The second-order valence-corrected chi connectivity index (χ2v) is 8.33. The molecule has 0 spiro atoms. The van der Waals surface area contributed by atoms with E-state index >= 15 is 0 Å². The first-order chi connectivity index (χ1) is 12.8. The highest BCUT2D eigenvalue weighted by Crippen LogP contribution is 2.33. The summed E-state index contributed by atoms with van der Waals surface area (Å²) in [6, 6.07) is 6.01. The van der Waals surface area contributed by atoms with Gasteiger partial charge in [-0.2, -0.15) is 4.31 Å². The maximum Gasteiger partial charge on any atom is 0.277 e. The molecule has 0 radical (unpaired) electrons. The predicted octanol–water partition coefficient (Wildman–Crippen LogP) is -0.0289. The molecule has 2 heterocycles. The van der Waals surface area contributed by atoms with E-state index in [4.69, 9.17) is 19.9 Å². The van der Waals surface area contributed by atoms with Crippen molar-refractivity contribution in [3.63, 3.8) is 0 Å². The fraction of sp³-hybridized carbons (Fsp3) is 0.562. The van der Waals surface area contributed by atoms with Crippen molar-refractivity contribution in [2.24, 2.45) is 5.92 Å². The first-order valence-electron chi connectivity index (χ1n) is 8.54. The molecule has 0 unspecified atom stereocenters. The fourth-order valence-electron chi connectivity index (χ4n) is 3.48. The average Bonchev–Trinajstić information content (AvgIpc) is 3.14. The molecule has 150 valence electrons. The van der Waals surface area contributed by atoms with E-state index in [0.29, 0.717) is 32.1 Å². The van der Waals surface area contributed by atoms with Gasteiger partial charge in [-0.15, -0.1) is 0 Å². The molecule has 10 nitrogen and oxygen atoms in total. The average molecular weight is 401 g/mol. The van der Waals surface area contributed by atoms with Crippen LogP contribution in [0.3, 0.4) is 0 Å². The highest BCUT2D eigenvalue weighted by atomic mass is 32.2. The summed E-state index contributed by atoms with van der Waals surface area (Å²) in [5.74, 6) is -1.24. The van der Waals surface area contributed by atoms with E-state index in [1.807, 2.05) is 4.90 Å². The molecule has 0 aliphatic carbocycles. The second kappa shape index (κ2) is 8.09. The van der Waals surface area contributed by atoms with Gasteiger partial charge < -0.3 is 9.47 Å². The minimum Gasteiger partial charge on any atom is -0.497 e. The Labute approximate surface area is 157 Å². The van der Waals surface area contributed by atoms with Crippen molar-refractivity contribution in [1.29, 1.82) is 0 Å². The normalized spacial score (nSPS) is 24.7. The predicted molar refractivity (Wildman–Crippen MR) is 91.6 cm³/mol. The third-order valence-electron chi connectivity index (χ3n) is 4.91. The molecule has 2 aliphatic rings. The van der Waals surface area contributed by atoms with Gasteiger partial charge in [0.15, 0.2) is 0 Å². The highest BCUT2D eigenvalue weighted by molar-refractivity contribution is 7.89. The molecule has 3 rings (SSSR count). The molecule has 2 aliphatic heterocycles. The fourth-order valence-corrected chi connectivity index (χ4v) is 5.14. The van der Waals surface area contributed by atoms with Crippen LogP contribution in [0.5, 0.6) is 5.75 Å². The lowest BCUT2D eigenvalue weighted by molar-refractivity contribution is -0.288. The summed E-state index contributed by atoms with van der Waals surface area (Å²) in [4.78, 5) is 14.0. The molecule has 1 aromatic rings. The molecule has 1 amide bonds. The Balaban J connectivity index is 1.91. The number of carbonyl (C=O) groups is 1. The van der Waals surface area contributed by atoms with Gasteiger partial charge in [-0.05, 0) is 30.7 Å². The molecule has 0 aromatic heterocycles. The molecule has 2 atom stereocenters. The summed E-state index contributed by atoms with van der Waals surface area (Å²) in [6.07, 6.45) is -0.388. The number of rotatable bonds is 5. The van der Waals surface area contributed by atoms with E-state index in [2.05, 4.69) is 0 Å². The number of carbonyl (C=O) groups excluding carboxylic acids is 1. The van der Waals surface area contributed by atoms with Gasteiger partial charge in [-0.1, -0.05) is 5.23 Å². The number of hydroxylamine groups is 2. The van der Waals surface area contributed by atoms with E-state index in [1.165, 1.54) is 23.5 Å². The Morgan fingerprint density at radius 3 is 2.41 bits per heavy atom. The third kappa shape index (κ3) is 4.08. The van der Waals surface area contributed by atoms with Gasteiger partial charge in [0, 0.05) is 19.6 Å². The van der Waals surface area contributed by atoms with E-state index in [9.17, 15) is 13.2 Å². The molecule has 1 aromatic carbocycles. The van der Waals surface area contributed by atoms with Gasteiger partial charge in [-0.25, -0.2) is 8.42 Å². The molecular weight excluding hydrogens is 378 g/mol. The van der Waals surface area contributed by atoms with Gasteiger partial charge in [0.2, 0.25) is 10.0 Å². The Morgan fingerprint density at radius 1 is 1.22 bits per heavy atom. The lowest BCUT2D eigenvalue weighted by Gasteiger charge is -2.36. The van der Waals surface area contributed by atoms with Crippen LogP contribution in [-0.4, -0.2) is 85.3 Å². The summed E-state index contributed by atoms with van der Waals surface area (Å²) in [5, 5.41) is 17.7. The maximum absolute atomic E-state index is 13.2. The summed E-state index contributed by atoms with van der Waals surface area (Å²) in [7, 11) is -2.40. The van der Waals surface area contributed by atoms with E-state index < -0.39 is 33.2 Å². The van der Waals surface area contributed by atoms with Gasteiger partial charge in [0.25, 0.3) is 5.91 Å². The quantitative estimate of drug-likeness (QED) is 0.521. The second-order valence-electron chi connectivity index (χ2n) is 6.44. The Bertz CT molecular complexity index is 763. The van der Waals surface area contributed by atoms with Crippen molar-refractivity contribution in [3.8, 4) is 5.75 Å².